The van der Waals surface area contributed by atoms with Crippen LogP contribution in [0.5, 0.6) is 0 Å². The molecule has 4 rings (SSSR count). The number of aromatic nitrogens is 4. The summed E-state index contributed by atoms with van der Waals surface area (Å²) in [6.07, 6.45) is 0.295. The summed E-state index contributed by atoms with van der Waals surface area (Å²) >= 11 is 0. The number of benzene rings is 1. The Kier molecular flexibility index (Phi) is 4.37. The largest absolute Gasteiger partial charge is 0.378 e. The molecule has 0 aliphatic carbocycles. The molecule has 3 heterocycles. The van der Waals surface area contributed by atoms with Gasteiger partial charge in [0.2, 0.25) is 11.8 Å². The fourth-order valence-electron chi connectivity index (χ4n) is 3.34. The molecule has 2 atom stereocenters. The van der Waals surface area contributed by atoms with Gasteiger partial charge in [-0.25, -0.2) is 0 Å². The van der Waals surface area contributed by atoms with Gasteiger partial charge in [-0.05, 0) is 35.0 Å². The molecule has 136 valence electrons. The second kappa shape index (κ2) is 6.83. The van der Waals surface area contributed by atoms with E-state index >= 15 is 0 Å². The molecule has 2 aliphatic heterocycles. The lowest BCUT2D eigenvalue weighted by atomic mass is 10.1. The van der Waals surface area contributed by atoms with Gasteiger partial charge in [0, 0.05) is 13.1 Å². The zero-order chi connectivity index (χ0) is 18.1. The topological polar surface area (TPSA) is 102 Å². The number of nitrogens with zero attached hydrogens (tertiary/aromatic N) is 5. The lowest BCUT2D eigenvalue weighted by molar-refractivity contribution is -0.132. The van der Waals surface area contributed by atoms with E-state index in [-0.39, 0.29) is 23.8 Å². The lowest BCUT2D eigenvalue weighted by Gasteiger charge is -2.27. The first kappa shape index (κ1) is 16.6. The van der Waals surface area contributed by atoms with Crippen molar-refractivity contribution >= 4 is 11.8 Å². The van der Waals surface area contributed by atoms with Crippen LogP contribution in [0.15, 0.2) is 24.3 Å². The highest BCUT2D eigenvalue weighted by atomic mass is 16.5. The van der Waals surface area contributed by atoms with Gasteiger partial charge in [-0.3, -0.25) is 9.59 Å². The molecule has 0 saturated carbocycles. The average Bonchev–Trinajstić information content (AvgIpc) is 2.87. The minimum absolute atomic E-state index is 0.0183. The molecule has 2 amide bonds. The molecular weight excluding hydrogens is 336 g/mol. The molecule has 1 N–H and O–H groups in total. The maximum absolute atomic E-state index is 12.7. The first-order chi connectivity index (χ1) is 12.6. The van der Waals surface area contributed by atoms with Crippen LogP contribution in [0.4, 0.5) is 0 Å². The summed E-state index contributed by atoms with van der Waals surface area (Å²) in [6, 6.07) is 7.45. The smallest absolute Gasteiger partial charge is 0.227 e. The number of amides is 2. The number of hydrogen-bond donors (Lipinski definition) is 1. The van der Waals surface area contributed by atoms with E-state index in [0.29, 0.717) is 38.5 Å². The number of carbonyl (C=O) groups excluding carboxylic acids is 2. The summed E-state index contributed by atoms with van der Waals surface area (Å²) in [7, 11) is 0. The van der Waals surface area contributed by atoms with Gasteiger partial charge in [-0.15, -0.1) is 5.10 Å². The van der Waals surface area contributed by atoms with Gasteiger partial charge in [-0.1, -0.05) is 12.1 Å². The van der Waals surface area contributed by atoms with E-state index in [4.69, 9.17) is 4.74 Å². The summed E-state index contributed by atoms with van der Waals surface area (Å²) in [5.41, 5.74) is 1.76. The quantitative estimate of drug-likeness (QED) is 0.794. The van der Waals surface area contributed by atoms with Crippen LogP contribution in [0.2, 0.25) is 0 Å². The predicted molar refractivity (Wildman–Crippen MR) is 90.4 cm³/mol. The maximum atomic E-state index is 12.7. The molecule has 0 radical (unpaired) electrons. The molecule has 0 spiro atoms. The monoisotopic (exact) mass is 356 g/mol. The van der Waals surface area contributed by atoms with Gasteiger partial charge in [-0.2, -0.15) is 4.68 Å². The van der Waals surface area contributed by atoms with Crippen LogP contribution in [0, 0.1) is 12.8 Å². The van der Waals surface area contributed by atoms with Crippen molar-refractivity contribution in [1.82, 2.24) is 30.4 Å². The zero-order valence-electron chi connectivity index (χ0n) is 14.5. The molecule has 9 heteroatoms. The molecule has 2 saturated heterocycles. The highest BCUT2D eigenvalue weighted by Crippen LogP contribution is 2.16. The van der Waals surface area contributed by atoms with Crippen molar-refractivity contribution < 1.29 is 14.3 Å². The predicted octanol–water partition coefficient (Wildman–Crippen LogP) is -0.513. The van der Waals surface area contributed by atoms with Crippen LogP contribution < -0.4 is 5.32 Å². The molecule has 26 heavy (non-hydrogen) atoms. The second-order valence-corrected chi connectivity index (χ2v) is 6.72. The van der Waals surface area contributed by atoms with Crippen molar-refractivity contribution in [3.8, 4) is 5.69 Å². The summed E-state index contributed by atoms with van der Waals surface area (Å²) in [5.74, 6) is 0.398. The number of aryl methyl sites for hydroxylation is 1. The highest BCUT2D eigenvalue weighted by Gasteiger charge is 2.34. The Hall–Kier alpha value is -2.81. The van der Waals surface area contributed by atoms with Crippen molar-refractivity contribution in [1.29, 1.82) is 0 Å². The molecule has 0 unspecified atom stereocenters. The number of hydrogen-bond acceptors (Lipinski definition) is 6. The van der Waals surface area contributed by atoms with Crippen LogP contribution in [-0.4, -0.2) is 69.3 Å². The van der Waals surface area contributed by atoms with Gasteiger partial charge in [0.1, 0.15) is 0 Å². The summed E-state index contributed by atoms with van der Waals surface area (Å²) in [6.45, 7) is 3.54. The van der Waals surface area contributed by atoms with E-state index in [0.717, 1.165) is 11.3 Å². The Morgan fingerprint density at radius 2 is 2.08 bits per heavy atom. The minimum Gasteiger partial charge on any atom is -0.378 e. The molecule has 2 bridgehead atoms. The second-order valence-electron chi connectivity index (χ2n) is 6.72. The Morgan fingerprint density at radius 1 is 1.27 bits per heavy atom. The van der Waals surface area contributed by atoms with E-state index in [1.165, 1.54) is 0 Å². The molecule has 9 nitrogen and oxygen atoms in total. The van der Waals surface area contributed by atoms with Gasteiger partial charge in [0.05, 0.1) is 37.3 Å². The molecular formula is C17H20N6O3. The van der Waals surface area contributed by atoms with Crippen LogP contribution >= 0.6 is 0 Å². The van der Waals surface area contributed by atoms with Crippen molar-refractivity contribution in [2.75, 3.05) is 26.3 Å². The minimum atomic E-state index is -0.295. The molecule has 2 aliphatic rings. The van der Waals surface area contributed by atoms with E-state index in [1.54, 1.807) is 9.58 Å². The number of rotatable bonds is 3. The van der Waals surface area contributed by atoms with Gasteiger partial charge in [0.25, 0.3) is 0 Å². The SMILES string of the molecule is Cc1nnnn1-c1ccc(CC(=O)N2C[C@H]3COC[C@@H](C2)C(=O)N3)cc1. The third kappa shape index (κ3) is 3.30. The third-order valence-corrected chi connectivity index (χ3v) is 4.75. The fourth-order valence-corrected chi connectivity index (χ4v) is 3.34. The molecule has 1 aromatic heterocycles. The van der Waals surface area contributed by atoms with Crippen molar-refractivity contribution in [2.24, 2.45) is 5.92 Å². The summed E-state index contributed by atoms with van der Waals surface area (Å²) in [5, 5.41) is 14.4. The summed E-state index contributed by atoms with van der Waals surface area (Å²) < 4.78 is 7.13. The van der Waals surface area contributed by atoms with Crippen LogP contribution in [0.1, 0.15) is 11.4 Å². The number of nitrogens with one attached hydrogen (secondary N) is 1. The highest BCUT2D eigenvalue weighted by molar-refractivity contribution is 5.83. The van der Waals surface area contributed by atoms with Crippen molar-refractivity contribution in [2.45, 2.75) is 19.4 Å². The first-order valence-electron chi connectivity index (χ1n) is 8.60. The molecule has 2 aromatic rings. The fraction of sp³-hybridized carbons (Fsp3) is 0.471. The average molecular weight is 356 g/mol. The van der Waals surface area contributed by atoms with E-state index < -0.39 is 0 Å². The van der Waals surface area contributed by atoms with Gasteiger partial charge < -0.3 is 15.0 Å². The van der Waals surface area contributed by atoms with Crippen LogP contribution in [0.3, 0.4) is 0 Å². The van der Waals surface area contributed by atoms with Crippen molar-refractivity contribution in [3.05, 3.63) is 35.7 Å². The van der Waals surface area contributed by atoms with E-state index in [2.05, 4.69) is 20.8 Å². The zero-order valence-corrected chi connectivity index (χ0v) is 14.5. The molecule has 2 fully saturated rings. The first-order valence-corrected chi connectivity index (χ1v) is 8.60. The summed E-state index contributed by atoms with van der Waals surface area (Å²) in [4.78, 5) is 26.6. The van der Waals surface area contributed by atoms with E-state index in [1.807, 2.05) is 31.2 Å². The Balaban J connectivity index is 1.45. The van der Waals surface area contributed by atoms with Crippen LogP contribution in [0.25, 0.3) is 5.69 Å². The Labute approximate surface area is 150 Å². The third-order valence-electron chi connectivity index (χ3n) is 4.75. The van der Waals surface area contributed by atoms with E-state index in [9.17, 15) is 9.59 Å². The lowest BCUT2D eigenvalue weighted by Crippen LogP contribution is -2.44. The number of ether oxygens (including phenoxy) is 1. The number of fused-ring (bicyclic) bond motifs is 3. The van der Waals surface area contributed by atoms with Gasteiger partial charge >= 0.3 is 0 Å². The standard InChI is InChI=1S/C17H20N6O3/c1-11-19-20-21-23(11)15-4-2-12(3-5-15)6-16(24)22-7-13-9-26-10-14(8-22)18-17(13)25/h2-5,13-14H,6-10H2,1H3,(H,18,25)/t13-,14+/m1/s1. The Bertz CT molecular complexity index is 818. The van der Waals surface area contributed by atoms with Gasteiger partial charge in [0.15, 0.2) is 5.82 Å². The number of tetrazole rings is 1. The van der Waals surface area contributed by atoms with Crippen molar-refractivity contribution in [3.63, 3.8) is 0 Å². The maximum Gasteiger partial charge on any atom is 0.227 e. The Morgan fingerprint density at radius 3 is 2.81 bits per heavy atom. The van der Waals surface area contributed by atoms with Crippen LogP contribution in [-0.2, 0) is 20.7 Å². The normalized spacial score (nSPS) is 22.7. The number of carbonyl (C=O) groups is 2. The molecule has 1 aromatic carbocycles.